The van der Waals surface area contributed by atoms with Crippen LogP contribution in [-0.4, -0.2) is 0 Å². The van der Waals surface area contributed by atoms with Crippen LogP contribution >= 0.6 is 0 Å². The number of para-hydroxylation sites is 2. The topological polar surface area (TPSA) is 16.4 Å². The summed E-state index contributed by atoms with van der Waals surface area (Å²) in [5.41, 5.74) is 19.7. The van der Waals surface area contributed by atoms with Gasteiger partial charge < -0.3 is 9.32 Å². The van der Waals surface area contributed by atoms with Gasteiger partial charge in [-0.3, -0.25) is 0 Å². The molecule has 1 heterocycles. The first-order valence-corrected chi connectivity index (χ1v) is 21.8. The highest BCUT2D eigenvalue weighted by Gasteiger charge is 2.36. The minimum atomic E-state index is -0.251. The van der Waals surface area contributed by atoms with Crippen molar-refractivity contribution < 1.29 is 4.42 Å². The number of benzene rings is 10. The first-order chi connectivity index (χ1) is 31.0. The highest BCUT2D eigenvalue weighted by Crippen LogP contribution is 2.53. The lowest BCUT2D eigenvalue weighted by atomic mass is 9.81. The van der Waals surface area contributed by atoms with Crippen LogP contribution in [-0.2, 0) is 5.41 Å². The fourth-order valence-corrected chi connectivity index (χ4v) is 10.1. The smallest absolute Gasteiger partial charge is 0.143 e. The summed E-state index contributed by atoms with van der Waals surface area (Å²) in [6, 6.07) is 81.6. The maximum Gasteiger partial charge on any atom is 0.143 e. The zero-order valence-corrected chi connectivity index (χ0v) is 35.2. The average Bonchev–Trinajstić information content (AvgIpc) is 3.84. The normalized spacial score (nSPS) is 12.7. The molecule has 0 radical (unpaired) electrons. The van der Waals surface area contributed by atoms with Crippen LogP contribution < -0.4 is 4.90 Å². The lowest BCUT2D eigenvalue weighted by molar-refractivity contribution is 0.660. The van der Waals surface area contributed by atoms with E-state index < -0.39 is 0 Å². The number of nitrogens with zero attached hydrogens (tertiary/aromatic N) is 1. The second kappa shape index (κ2) is 14.6. The van der Waals surface area contributed by atoms with Crippen molar-refractivity contribution in [3.8, 4) is 55.6 Å². The third kappa shape index (κ3) is 6.09. The van der Waals surface area contributed by atoms with Gasteiger partial charge in [0.05, 0.1) is 5.69 Å². The molecule has 0 spiro atoms. The van der Waals surface area contributed by atoms with Gasteiger partial charge in [-0.05, 0) is 109 Å². The fourth-order valence-electron chi connectivity index (χ4n) is 10.1. The zero-order valence-electron chi connectivity index (χ0n) is 35.2. The molecule has 1 aliphatic rings. The van der Waals surface area contributed by atoms with Crippen molar-refractivity contribution in [3.05, 3.63) is 236 Å². The maximum atomic E-state index is 6.51. The molecule has 0 saturated carbocycles. The van der Waals surface area contributed by atoms with Gasteiger partial charge in [0.25, 0.3) is 0 Å². The van der Waals surface area contributed by atoms with Gasteiger partial charge in [-0.2, -0.15) is 0 Å². The Balaban J connectivity index is 0.972. The maximum absolute atomic E-state index is 6.51. The first kappa shape index (κ1) is 36.9. The summed E-state index contributed by atoms with van der Waals surface area (Å²) in [6.45, 7) is 4.75. The highest BCUT2D eigenvalue weighted by molar-refractivity contribution is 6.10. The van der Waals surface area contributed by atoms with E-state index in [-0.39, 0.29) is 5.41 Å². The van der Waals surface area contributed by atoms with Crippen LogP contribution in [0, 0.1) is 0 Å². The largest absolute Gasteiger partial charge is 0.455 e. The number of hydrogen-bond acceptors (Lipinski definition) is 2. The first-order valence-electron chi connectivity index (χ1n) is 21.8. The Morgan fingerprint density at radius 1 is 0.333 bits per heavy atom. The van der Waals surface area contributed by atoms with Crippen molar-refractivity contribution in [2.45, 2.75) is 19.3 Å². The number of fused-ring (bicyclic) bond motifs is 7. The molecule has 298 valence electrons. The molecule has 0 N–H and O–H groups in total. The lowest BCUT2D eigenvalue weighted by Crippen LogP contribution is -2.17. The van der Waals surface area contributed by atoms with E-state index in [0.29, 0.717) is 0 Å². The predicted molar refractivity (Wildman–Crippen MR) is 265 cm³/mol. The summed E-state index contributed by atoms with van der Waals surface area (Å²) in [5.74, 6) is 0. The van der Waals surface area contributed by atoms with Crippen LogP contribution in [0.5, 0.6) is 0 Å². The van der Waals surface area contributed by atoms with Crippen LogP contribution in [0.3, 0.4) is 0 Å². The molecule has 12 rings (SSSR count). The van der Waals surface area contributed by atoms with E-state index in [1.165, 1.54) is 72.0 Å². The third-order valence-electron chi connectivity index (χ3n) is 13.3. The molecule has 0 fully saturated rings. The summed E-state index contributed by atoms with van der Waals surface area (Å²) in [4.78, 5) is 2.45. The van der Waals surface area contributed by atoms with E-state index in [9.17, 15) is 0 Å². The SMILES string of the molecule is CC1(C)c2cc(-c3cccc4c3oc3ccccc34)ccc2-c2ccc(N(c3ccc(-c4ccc(-c5ccccc5)cc4)cc3)c3ccc(-c4ccccc4)c4ccccc34)cc21. The Morgan fingerprint density at radius 3 is 1.56 bits per heavy atom. The van der Waals surface area contributed by atoms with Crippen LogP contribution in [0.25, 0.3) is 88.3 Å². The van der Waals surface area contributed by atoms with E-state index in [1.54, 1.807) is 0 Å². The Hall–Kier alpha value is -7.94. The molecule has 2 heteroatoms. The molecular formula is C61H43NO. The van der Waals surface area contributed by atoms with Gasteiger partial charge in [0.1, 0.15) is 11.2 Å². The van der Waals surface area contributed by atoms with Gasteiger partial charge in [-0.25, -0.2) is 0 Å². The molecule has 0 saturated heterocycles. The van der Waals surface area contributed by atoms with Gasteiger partial charge >= 0.3 is 0 Å². The van der Waals surface area contributed by atoms with Gasteiger partial charge in [-0.15, -0.1) is 0 Å². The van der Waals surface area contributed by atoms with Crippen molar-refractivity contribution in [1.82, 2.24) is 0 Å². The Labute approximate surface area is 368 Å². The summed E-state index contributed by atoms with van der Waals surface area (Å²) in [7, 11) is 0. The number of furan rings is 1. The molecule has 2 nitrogen and oxygen atoms in total. The molecule has 0 aliphatic heterocycles. The van der Waals surface area contributed by atoms with E-state index in [2.05, 4.69) is 237 Å². The van der Waals surface area contributed by atoms with Crippen LogP contribution in [0.1, 0.15) is 25.0 Å². The van der Waals surface area contributed by atoms with Crippen LogP contribution in [0.2, 0.25) is 0 Å². The van der Waals surface area contributed by atoms with Crippen molar-refractivity contribution in [1.29, 1.82) is 0 Å². The minimum absolute atomic E-state index is 0.251. The van der Waals surface area contributed by atoms with E-state index in [4.69, 9.17) is 4.42 Å². The number of anilines is 3. The van der Waals surface area contributed by atoms with Crippen molar-refractivity contribution in [3.63, 3.8) is 0 Å². The van der Waals surface area contributed by atoms with Crippen molar-refractivity contribution in [2.24, 2.45) is 0 Å². The Morgan fingerprint density at radius 2 is 0.841 bits per heavy atom. The molecule has 0 bridgehead atoms. The second-order valence-electron chi connectivity index (χ2n) is 17.3. The van der Waals surface area contributed by atoms with Crippen molar-refractivity contribution in [2.75, 3.05) is 4.90 Å². The average molecular weight is 806 g/mol. The summed E-state index contributed by atoms with van der Waals surface area (Å²) in [6.07, 6.45) is 0. The molecule has 10 aromatic carbocycles. The Kier molecular flexibility index (Phi) is 8.55. The predicted octanol–water partition coefficient (Wildman–Crippen LogP) is 17.2. The molecule has 0 atom stereocenters. The Bertz CT molecular complexity index is 3510. The molecule has 11 aromatic rings. The fraction of sp³-hybridized carbons (Fsp3) is 0.0492. The quantitative estimate of drug-likeness (QED) is 0.160. The molecule has 0 amide bonds. The van der Waals surface area contributed by atoms with Crippen molar-refractivity contribution >= 4 is 49.8 Å². The standard InChI is InChI=1S/C61H43NO/c1-61(2)56-38-45(49-21-13-22-55-54-20-11-12-23-59(54)63-60(49)55)30-34-51(56)52-35-33-47(39-57(52)61)62(58-37-36-48(44-16-7-4-8-17-44)50-18-9-10-19-53(50)58)46-31-28-43(29-32-46)42-26-24-41(25-27-42)40-14-5-3-6-15-40/h3-39H,1-2H3. The van der Waals surface area contributed by atoms with E-state index in [0.717, 1.165) is 44.6 Å². The van der Waals surface area contributed by atoms with Gasteiger partial charge in [0.15, 0.2) is 0 Å². The minimum Gasteiger partial charge on any atom is -0.455 e. The summed E-state index contributed by atoms with van der Waals surface area (Å²) >= 11 is 0. The van der Waals surface area contributed by atoms with Crippen LogP contribution in [0.15, 0.2) is 229 Å². The monoisotopic (exact) mass is 805 g/mol. The molecule has 63 heavy (non-hydrogen) atoms. The zero-order chi connectivity index (χ0) is 42.1. The number of rotatable bonds is 7. The second-order valence-corrected chi connectivity index (χ2v) is 17.3. The lowest BCUT2D eigenvalue weighted by Gasteiger charge is -2.29. The molecule has 0 unspecified atom stereocenters. The van der Waals surface area contributed by atoms with E-state index >= 15 is 0 Å². The van der Waals surface area contributed by atoms with Crippen LogP contribution in [0.4, 0.5) is 17.1 Å². The van der Waals surface area contributed by atoms with E-state index in [1.807, 2.05) is 6.07 Å². The van der Waals surface area contributed by atoms with Gasteiger partial charge in [0, 0.05) is 38.5 Å². The molecule has 1 aliphatic carbocycles. The van der Waals surface area contributed by atoms with Gasteiger partial charge in [-0.1, -0.05) is 196 Å². The number of hydrogen-bond donors (Lipinski definition) is 0. The third-order valence-corrected chi connectivity index (χ3v) is 13.3. The molecular weight excluding hydrogens is 763 g/mol. The summed E-state index contributed by atoms with van der Waals surface area (Å²) in [5, 5.41) is 4.72. The molecule has 1 aromatic heterocycles. The van der Waals surface area contributed by atoms with Gasteiger partial charge in [0.2, 0.25) is 0 Å². The summed E-state index contributed by atoms with van der Waals surface area (Å²) < 4.78 is 6.51. The highest BCUT2D eigenvalue weighted by atomic mass is 16.3.